The molecule has 35 heavy (non-hydrogen) atoms. The number of nitrogens with zero attached hydrogens (tertiary/aromatic N) is 3. The van der Waals surface area contributed by atoms with Crippen LogP contribution in [0, 0.1) is 5.92 Å². The zero-order chi connectivity index (χ0) is 24.8. The molecule has 2 N–H and O–H groups in total. The third-order valence-corrected chi connectivity index (χ3v) is 8.25. The zero-order valence-corrected chi connectivity index (χ0v) is 20.8. The Hall–Kier alpha value is -3.28. The van der Waals surface area contributed by atoms with Gasteiger partial charge in [0.15, 0.2) is 0 Å². The first kappa shape index (κ1) is 24.8. The third-order valence-electron chi connectivity index (χ3n) is 5.61. The minimum absolute atomic E-state index is 0.185. The maximum atomic E-state index is 13.2. The third kappa shape index (κ3) is 6.05. The number of anilines is 1. The van der Waals surface area contributed by atoms with Gasteiger partial charge in [0.25, 0.3) is 0 Å². The van der Waals surface area contributed by atoms with Gasteiger partial charge in [0.1, 0.15) is 5.75 Å². The second kappa shape index (κ2) is 11.0. The Kier molecular flexibility index (Phi) is 7.79. The second-order valence-corrected chi connectivity index (χ2v) is 10.8. The van der Waals surface area contributed by atoms with Crippen molar-refractivity contribution < 1.29 is 23.1 Å². The van der Waals surface area contributed by atoms with Crippen molar-refractivity contribution in [3.05, 3.63) is 59.5 Å². The Bertz CT molecular complexity index is 1300. The number of rotatable bonds is 8. The van der Waals surface area contributed by atoms with Crippen molar-refractivity contribution in [3.8, 4) is 17.0 Å². The molecule has 0 bridgehead atoms. The SMILES string of the molecule is CCOC(=O)C1CCN(S(=O)(=O)c2cccc(-c3csc(N/N=C/c4ccc(O)cc4)n3)c2)CC1. The number of carbonyl (C=O) groups is 1. The summed E-state index contributed by atoms with van der Waals surface area (Å²) in [6, 6.07) is 13.3. The number of sulfonamides is 1. The molecule has 9 nitrogen and oxygen atoms in total. The number of hydrogen-bond donors (Lipinski definition) is 2. The van der Waals surface area contributed by atoms with Crippen molar-refractivity contribution in [1.82, 2.24) is 9.29 Å². The van der Waals surface area contributed by atoms with Crippen molar-refractivity contribution in [2.75, 3.05) is 25.1 Å². The van der Waals surface area contributed by atoms with Crippen LogP contribution in [0.5, 0.6) is 5.75 Å². The van der Waals surface area contributed by atoms with Gasteiger partial charge < -0.3 is 9.84 Å². The van der Waals surface area contributed by atoms with Gasteiger partial charge in [-0.05, 0) is 61.7 Å². The van der Waals surface area contributed by atoms with Crippen molar-refractivity contribution >= 4 is 38.7 Å². The summed E-state index contributed by atoms with van der Waals surface area (Å²) in [5.41, 5.74) is 5.00. The number of hydrogen-bond acceptors (Lipinski definition) is 9. The average Bonchev–Trinajstić information content (AvgIpc) is 3.34. The zero-order valence-electron chi connectivity index (χ0n) is 19.1. The summed E-state index contributed by atoms with van der Waals surface area (Å²) in [6.45, 7) is 2.64. The standard InChI is InChI=1S/C24H26N4O5S2/c1-2-33-23(30)18-10-12-28(13-11-18)35(31,32)21-5-3-4-19(14-21)22-16-34-24(26-22)27-25-15-17-6-8-20(29)9-7-17/h3-9,14-16,18,29H,2,10-13H2,1H3,(H,26,27)/b25-15+. The molecule has 0 unspecified atom stereocenters. The van der Waals surface area contributed by atoms with Crippen molar-refractivity contribution in [3.63, 3.8) is 0 Å². The van der Waals surface area contributed by atoms with E-state index in [1.54, 1.807) is 55.6 Å². The van der Waals surface area contributed by atoms with E-state index in [9.17, 15) is 18.3 Å². The number of aromatic nitrogens is 1. The Balaban J connectivity index is 1.42. The molecule has 1 aliphatic heterocycles. The molecule has 4 rings (SSSR count). The first-order chi connectivity index (χ1) is 16.9. The molecular weight excluding hydrogens is 488 g/mol. The van der Waals surface area contributed by atoms with E-state index in [1.165, 1.54) is 15.6 Å². The first-order valence-corrected chi connectivity index (χ1v) is 13.5. The number of phenols is 1. The molecule has 1 aliphatic rings. The number of aromatic hydroxyl groups is 1. The highest BCUT2D eigenvalue weighted by Gasteiger charge is 2.32. The number of piperidine rings is 1. The molecule has 0 spiro atoms. The summed E-state index contributed by atoms with van der Waals surface area (Å²) in [7, 11) is -3.70. The number of thiazole rings is 1. The summed E-state index contributed by atoms with van der Waals surface area (Å²) in [6.07, 6.45) is 2.51. The lowest BCUT2D eigenvalue weighted by Crippen LogP contribution is -2.40. The fourth-order valence-corrected chi connectivity index (χ4v) is 5.92. The van der Waals surface area contributed by atoms with E-state index in [-0.39, 0.29) is 35.6 Å². The summed E-state index contributed by atoms with van der Waals surface area (Å²) in [4.78, 5) is 16.7. The average molecular weight is 515 g/mol. The lowest BCUT2D eigenvalue weighted by molar-refractivity contribution is -0.149. The molecule has 184 valence electrons. The largest absolute Gasteiger partial charge is 0.508 e. The number of benzene rings is 2. The van der Waals surface area contributed by atoms with Crippen LogP contribution in [0.2, 0.25) is 0 Å². The lowest BCUT2D eigenvalue weighted by Gasteiger charge is -2.30. The summed E-state index contributed by atoms with van der Waals surface area (Å²) in [5, 5.41) is 15.9. The van der Waals surface area contributed by atoms with Crippen LogP contribution < -0.4 is 5.43 Å². The minimum atomic E-state index is -3.70. The maximum absolute atomic E-state index is 13.2. The Morgan fingerprint density at radius 1 is 1.26 bits per heavy atom. The molecule has 3 aromatic rings. The van der Waals surface area contributed by atoms with Gasteiger partial charge in [-0.1, -0.05) is 12.1 Å². The van der Waals surface area contributed by atoms with E-state index >= 15 is 0 Å². The molecule has 0 amide bonds. The number of ether oxygens (including phenoxy) is 1. The van der Waals surface area contributed by atoms with Gasteiger partial charge >= 0.3 is 5.97 Å². The smallest absolute Gasteiger partial charge is 0.309 e. The molecule has 11 heteroatoms. The number of esters is 1. The quantitative estimate of drug-likeness (QED) is 0.265. The van der Waals surface area contributed by atoms with Gasteiger partial charge in [-0.25, -0.2) is 13.4 Å². The molecule has 1 aromatic heterocycles. The van der Waals surface area contributed by atoms with Gasteiger partial charge in [0, 0.05) is 24.0 Å². The van der Waals surface area contributed by atoms with Crippen LogP contribution >= 0.6 is 11.3 Å². The van der Waals surface area contributed by atoms with Gasteiger partial charge in [0.2, 0.25) is 15.2 Å². The molecular formula is C24H26N4O5S2. The van der Waals surface area contributed by atoms with E-state index in [0.29, 0.717) is 35.8 Å². The molecule has 0 radical (unpaired) electrons. The number of nitrogens with one attached hydrogen (secondary N) is 1. The molecule has 2 heterocycles. The van der Waals surface area contributed by atoms with Crippen LogP contribution in [0.4, 0.5) is 5.13 Å². The normalized spacial score (nSPS) is 15.3. The van der Waals surface area contributed by atoms with E-state index in [2.05, 4.69) is 15.5 Å². The topological polar surface area (TPSA) is 121 Å². The van der Waals surface area contributed by atoms with E-state index in [0.717, 1.165) is 5.56 Å². The van der Waals surface area contributed by atoms with Crippen LogP contribution in [0.3, 0.4) is 0 Å². The van der Waals surface area contributed by atoms with Crippen molar-refractivity contribution in [2.45, 2.75) is 24.7 Å². The maximum Gasteiger partial charge on any atom is 0.309 e. The van der Waals surface area contributed by atoms with Crippen LogP contribution in [0.25, 0.3) is 11.3 Å². The predicted molar refractivity (Wildman–Crippen MR) is 135 cm³/mol. The van der Waals surface area contributed by atoms with Gasteiger partial charge in [-0.2, -0.15) is 9.41 Å². The summed E-state index contributed by atoms with van der Waals surface area (Å²) < 4.78 is 32.9. The fraction of sp³-hybridized carbons (Fsp3) is 0.292. The molecule has 0 atom stereocenters. The van der Waals surface area contributed by atoms with E-state index < -0.39 is 10.0 Å². The monoisotopic (exact) mass is 514 g/mol. The lowest BCUT2D eigenvalue weighted by atomic mass is 9.98. The molecule has 1 saturated heterocycles. The van der Waals surface area contributed by atoms with Gasteiger partial charge in [-0.15, -0.1) is 11.3 Å². The first-order valence-electron chi connectivity index (χ1n) is 11.2. The number of hydrazone groups is 1. The highest BCUT2D eigenvalue weighted by molar-refractivity contribution is 7.89. The van der Waals surface area contributed by atoms with Crippen LogP contribution in [-0.4, -0.2) is 54.7 Å². The van der Waals surface area contributed by atoms with Gasteiger partial charge in [0.05, 0.1) is 29.3 Å². The Morgan fingerprint density at radius 3 is 2.71 bits per heavy atom. The van der Waals surface area contributed by atoms with E-state index in [1.807, 2.05) is 11.4 Å². The van der Waals surface area contributed by atoms with Crippen LogP contribution in [0.1, 0.15) is 25.3 Å². The van der Waals surface area contributed by atoms with Crippen LogP contribution in [0.15, 0.2) is 63.9 Å². The van der Waals surface area contributed by atoms with Gasteiger partial charge in [-0.3, -0.25) is 10.2 Å². The summed E-state index contributed by atoms with van der Waals surface area (Å²) >= 11 is 1.35. The number of phenolic OH excluding ortho intramolecular Hbond substituents is 1. The minimum Gasteiger partial charge on any atom is -0.508 e. The molecule has 1 fully saturated rings. The Labute approximate surface area is 208 Å². The fourth-order valence-electron chi connectivity index (χ4n) is 3.74. The predicted octanol–water partition coefficient (Wildman–Crippen LogP) is 3.93. The second-order valence-electron chi connectivity index (χ2n) is 7.96. The number of carbonyl (C=O) groups excluding carboxylic acids is 1. The summed E-state index contributed by atoms with van der Waals surface area (Å²) in [5.74, 6) is -0.331. The van der Waals surface area contributed by atoms with E-state index in [4.69, 9.17) is 4.74 Å². The molecule has 2 aromatic carbocycles. The van der Waals surface area contributed by atoms with Crippen LogP contribution in [-0.2, 0) is 19.6 Å². The molecule has 0 aliphatic carbocycles. The van der Waals surface area contributed by atoms with Crippen molar-refractivity contribution in [1.29, 1.82) is 0 Å². The highest BCUT2D eigenvalue weighted by Crippen LogP contribution is 2.29. The Morgan fingerprint density at radius 2 is 2.00 bits per heavy atom. The molecule has 0 saturated carbocycles. The van der Waals surface area contributed by atoms with Crippen molar-refractivity contribution in [2.24, 2.45) is 11.0 Å². The highest BCUT2D eigenvalue weighted by atomic mass is 32.2.